The fraction of sp³-hybridized carbons (Fsp3) is 0.867. The summed E-state index contributed by atoms with van der Waals surface area (Å²) in [7, 11) is -1.29. The van der Waals surface area contributed by atoms with E-state index in [1.807, 2.05) is 20.8 Å². The van der Waals surface area contributed by atoms with E-state index >= 15 is 0 Å². The number of esters is 2. The molecule has 0 aromatic carbocycles. The van der Waals surface area contributed by atoms with Crippen LogP contribution in [0.25, 0.3) is 0 Å². The molecule has 124 valence electrons. The van der Waals surface area contributed by atoms with Gasteiger partial charge in [0.1, 0.15) is 0 Å². The first-order chi connectivity index (χ1) is 9.63. The molecule has 0 aromatic rings. The van der Waals surface area contributed by atoms with Gasteiger partial charge in [-0.05, 0) is 38.8 Å². The Morgan fingerprint density at radius 3 is 1.71 bits per heavy atom. The van der Waals surface area contributed by atoms with E-state index in [1.54, 1.807) is 13.8 Å². The summed E-state index contributed by atoms with van der Waals surface area (Å²) in [5.41, 5.74) is -0.158. The predicted molar refractivity (Wildman–Crippen MR) is 84.6 cm³/mol. The third-order valence-corrected chi connectivity index (χ3v) is 3.87. The van der Waals surface area contributed by atoms with Gasteiger partial charge in [0.2, 0.25) is 0 Å². The number of ether oxygens (including phenoxy) is 2. The lowest BCUT2D eigenvalue weighted by Gasteiger charge is -2.34. The monoisotopic (exact) mass is 318 g/mol. The zero-order valence-electron chi connectivity index (χ0n) is 14.4. The molecule has 1 unspecified atom stereocenters. The van der Waals surface area contributed by atoms with Crippen LogP contribution in [0.15, 0.2) is 0 Å². The van der Waals surface area contributed by atoms with Crippen molar-refractivity contribution in [2.24, 2.45) is 11.3 Å². The van der Waals surface area contributed by atoms with Crippen LogP contribution in [0.3, 0.4) is 0 Å². The molecular formula is C15H30O5Si. The molecule has 0 aliphatic carbocycles. The highest BCUT2D eigenvalue weighted by Gasteiger charge is 2.37. The van der Waals surface area contributed by atoms with Crippen LogP contribution in [-0.4, -0.2) is 40.3 Å². The van der Waals surface area contributed by atoms with Crippen molar-refractivity contribution in [3.63, 3.8) is 0 Å². The van der Waals surface area contributed by atoms with Crippen LogP contribution < -0.4 is 0 Å². The highest BCUT2D eigenvalue weighted by molar-refractivity contribution is 6.48. The van der Waals surface area contributed by atoms with Gasteiger partial charge in [-0.2, -0.15) is 0 Å². The van der Waals surface area contributed by atoms with Crippen molar-refractivity contribution >= 4 is 21.0 Å². The Balaban J connectivity index is 5.12. The van der Waals surface area contributed by atoms with Gasteiger partial charge < -0.3 is 13.9 Å². The molecule has 0 radical (unpaired) electrons. The maximum atomic E-state index is 12.0. The Morgan fingerprint density at radius 1 is 1.00 bits per heavy atom. The van der Waals surface area contributed by atoms with Crippen molar-refractivity contribution in [3.8, 4) is 0 Å². The van der Waals surface area contributed by atoms with E-state index in [4.69, 9.17) is 13.9 Å². The first kappa shape index (κ1) is 20.1. The average Bonchev–Trinajstić information content (AvgIpc) is 2.32. The first-order valence-electron chi connectivity index (χ1n) is 7.62. The Bertz CT molecular complexity index is 317. The van der Waals surface area contributed by atoms with Crippen molar-refractivity contribution in [2.75, 3.05) is 13.2 Å². The molecule has 0 saturated carbocycles. The minimum absolute atomic E-state index is 0.158. The molecule has 21 heavy (non-hydrogen) atoms. The SMILES string of the molecule is CCOC(=O)C(CC(O[SiH](C)C)C(C)(C)C)C(=O)OCC. The largest absolute Gasteiger partial charge is 0.465 e. The van der Waals surface area contributed by atoms with Gasteiger partial charge in [0.05, 0.1) is 19.3 Å². The lowest BCUT2D eigenvalue weighted by atomic mass is 9.83. The molecule has 0 amide bonds. The van der Waals surface area contributed by atoms with Gasteiger partial charge >= 0.3 is 11.9 Å². The van der Waals surface area contributed by atoms with E-state index in [1.165, 1.54) is 0 Å². The third-order valence-electron chi connectivity index (χ3n) is 2.99. The molecule has 1 atom stereocenters. The van der Waals surface area contributed by atoms with Crippen LogP contribution in [0.5, 0.6) is 0 Å². The minimum atomic E-state index is -1.29. The van der Waals surface area contributed by atoms with Crippen LogP contribution in [0.4, 0.5) is 0 Å². The summed E-state index contributed by atoms with van der Waals surface area (Å²) in [6.07, 6.45) is 0.120. The molecule has 0 N–H and O–H groups in total. The van der Waals surface area contributed by atoms with E-state index in [0.29, 0.717) is 6.42 Å². The first-order valence-corrected chi connectivity index (χ1v) is 10.4. The lowest BCUT2D eigenvalue weighted by molar-refractivity contribution is -0.163. The number of rotatable bonds is 8. The third kappa shape index (κ3) is 7.62. The summed E-state index contributed by atoms with van der Waals surface area (Å²) >= 11 is 0. The van der Waals surface area contributed by atoms with Gasteiger partial charge in [-0.15, -0.1) is 0 Å². The molecule has 0 fully saturated rings. The smallest absolute Gasteiger partial charge is 0.320 e. The summed E-state index contributed by atoms with van der Waals surface area (Å²) in [6.45, 7) is 14.2. The van der Waals surface area contributed by atoms with Crippen molar-refractivity contribution < 1.29 is 23.5 Å². The highest BCUT2D eigenvalue weighted by Crippen LogP contribution is 2.29. The number of carbonyl (C=O) groups excluding carboxylic acids is 2. The summed E-state index contributed by atoms with van der Waals surface area (Å²) < 4.78 is 16.0. The van der Waals surface area contributed by atoms with Crippen molar-refractivity contribution in [1.82, 2.24) is 0 Å². The zero-order valence-corrected chi connectivity index (χ0v) is 15.5. The normalized spacial score (nSPS) is 13.4. The average molecular weight is 318 g/mol. The molecule has 0 aliphatic heterocycles. The standard InChI is InChI=1S/C15H30O5Si/c1-8-18-13(16)11(14(17)19-9-2)10-12(15(3,4)5)20-21(6)7/h11-12,21H,8-10H2,1-7H3. The molecule has 0 aliphatic rings. The van der Waals surface area contributed by atoms with Gasteiger partial charge in [-0.3, -0.25) is 9.59 Å². The Kier molecular flexibility index (Phi) is 8.81. The number of hydrogen-bond acceptors (Lipinski definition) is 5. The molecule has 5 nitrogen and oxygen atoms in total. The molecule has 0 saturated heterocycles. The van der Waals surface area contributed by atoms with Gasteiger partial charge in [0.15, 0.2) is 15.0 Å². The quantitative estimate of drug-likeness (QED) is 0.391. The van der Waals surface area contributed by atoms with Crippen LogP contribution in [0.1, 0.15) is 41.0 Å². The van der Waals surface area contributed by atoms with E-state index < -0.39 is 26.9 Å². The second-order valence-electron chi connectivity index (χ2n) is 6.33. The second kappa shape index (κ2) is 9.20. The number of carbonyl (C=O) groups is 2. The van der Waals surface area contributed by atoms with Crippen molar-refractivity contribution in [1.29, 1.82) is 0 Å². The maximum Gasteiger partial charge on any atom is 0.320 e. The zero-order chi connectivity index (χ0) is 16.6. The Hall–Kier alpha value is -0.883. The molecular weight excluding hydrogens is 288 g/mol. The van der Waals surface area contributed by atoms with E-state index in [2.05, 4.69) is 13.1 Å². The van der Waals surface area contributed by atoms with Gasteiger partial charge in [-0.1, -0.05) is 20.8 Å². The summed E-state index contributed by atoms with van der Waals surface area (Å²) in [6, 6.07) is 0. The molecule has 0 bridgehead atoms. The fourth-order valence-corrected chi connectivity index (χ4v) is 3.11. The van der Waals surface area contributed by atoms with Crippen LogP contribution in [-0.2, 0) is 23.5 Å². The fourth-order valence-electron chi connectivity index (χ4n) is 1.93. The van der Waals surface area contributed by atoms with Crippen molar-refractivity contribution in [2.45, 2.75) is 60.2 Å². The van der Waals surface area contributed by atoms with Crippen LogP contribution in [0, 0.1) is 11.3 Å². The molecule has 6 heteroatoms. The summed E-state index contributed by atoms with van der Waals surface area (Å²) in [5, 5.41) is 0. The van der Waals surface area contributed by atoms with E-state index in [0.717, 1.165) is 0 Å². The second-order valence-corrected chi connectivity index (χ2v) is 8.70. The van der Waals surface area contributed by atoms with Gasteiger partial charge in [-0.25, -0.2) is 0 Å². The molecule has 0 heterocycles. The van der Waals surface area contributed by atoms with Crippen molar-refractivity contribution in [3.05, 3.63) is 0 Å². The van der Waals surface area contributed by atoms with E-state index in [-0.39, 0.29) is 24.7 Å². The topological polar surface area (TPSA) is 61.8 Å². The van der Waals surface area contributed by atoms with Crippen LogP contribution in [0.2, 0.25) is 13.1 Å². The maximum absolute atomic E-state index is 12.0. The molecule has 0 aromatic heterocycles. The lowest BCUT2D eigenvalue weighted by Crippen LogP contribution is -2.39. The van der Waals surface area contributed by atoms with E-state index in [9.17, 15) is 9.59 Å². The predicted octanol–water partition coefficient (Wildman–Crippen LogP) is 2.53. The summed E-state index contributed by atoms with van der Waals surface area (Å²) in [4.78, 5) is 24.1. The van der Waals surface area contributed by atoms with Crippen LogP contribution >= 0.6 is 0 Å². The number of hydrogen-bond donors (Lipinski definition) is 0. The Labute approximate surface area is 130 Å². The van der Waals surface area contributed by atoms with Gasteiger partial charge in [0.25, 0.3) is 0 Å². The minimum Gasteiger partial charge on any atom is -0.465 e. The molecule has 0 spiro atoms. The highest BCUT2D eigenvalue weighted by atomic mass is 28.3. The molecule has 0 rings (SSSR count). The van der Waals surface area contributed by atoms with Gasteiger partial charge in [0, 0.05) is 0 Å². The summed E-state index contributed by atoms with van der Waals surface area (Å²) in [5.74, 6) is -1.97. The Morgan fingerprint density at radius 2 is 1.43 bits per heavy atom.